The average molecular weight is 329 g/mol. The number of pyridine rings is 1. The van der Waals surface area contributed by atoms with E-state index >= 15 is 0 Å². The van der Waals surface area contributed by atoms with Crippen LogP contribution in [-0.4, -0.2) is 4.98 Å². The molecule has 2 rings (SSSR count). The van der Waals surface area contributed by atoms with Crippen molar-refractivity contribution in [3.8, 4) is 0 Å². The molecule has 0 aliphatic rings. The topological polar surface area (TPSA) is 12.9 Å². The summed E-state index contributed by atoms with van der Waals surface area (Å²) in [6.07, 6.45) is 3.52. The van der Waals surface area contributed by atoms with Crippen LogP contribution in [0.25, 0.3) is 0 Å². The van der Waals surface area contributed by atoms with Gasteiger partial charge in [-0.1, -0.05) is 40.5 Å². The molecule has 0 saturated heterocycles. The maximum atomic E-state index is 13.4. The summed E-state index contributed by atoms with van der Waals surface area (Å²) in [5.41, 5.74) is 2.03. The van der Waals surface area contributed by atoms with E-state index < -0.39 is 0 Å². The number of hydrogen-bond donors (Lipinski definition) is 0. The van der Waals surface area contributed by atoms with Crippen molar-refractivity contribution in [1.29, 1.82) is 0 Å². The van der Waals surface area contributed by atoms with Gasteiger partial charge in [-0.3, -0.25) is 4.98 Å². The van der Waals surface area contributed by atoms with E-state index in [1.54, 1.807) is 18.5 Å². The molecule has 2 aromatic rings. The van der Waals surface area contributed by atoms with E-state index in [0.717, 1.165) is 11.1 Å². The summed E-state index contributed by atoms with van der Waals surface area (Å²) in [6.45, 7) is 2.08. The molecule has 1 aromatic carbocycles. The molecule has 2 unspecified atom stereocenters. The minimum absolute atomic E-state index is 0.0340. The van der Waals surface area contributed by atoms with Crippen molar-refractivity contribution in [2.75, 3.05) is 0 Å². The lowest BCUT2D eigenvalue weighted by molar-refractivity contribution is 0.623. The molecule has 1 nitrogen and oxygen atoms in total. The summed E-state index contributed by atoms with van der Waals surface area (Å²) in [4.78, 5) is 4.03. The normalized spacial score (nSPS) is 14.2. The molecular formula is C14H12BrClFN. The van der Waals surface area contributed by atoms with Crippen molar-refractivity contribution < 1.29 is 4.39 Å². The minimum atomic E-state index is -0.388. The first-order valence-corrected chi connectivity index (χ1v) is 6.88. The van der Waals surface area contributed by atoms with Gasteiger partial charge < -0.3 is 0 Å². The van der Waals surface area contributed by atoms with Crippen molar-refractivity contribution in [2.45, 2.75) is 17.7 Å². The lowest BCUT2D eigenvalue weighted by Gasteiger charge is -2.19. The first-order valence-electron chi connectivity index (χ1n) is 5.58. The fourth-order valence-corrected chi connectivity index (χ4v) is 2.52. The summed E-state index contributed by atoms with van der Waals surface area (Å²) in [7, 11) is 0. The SMILES string of the molecule is CC(c1ccncc1)C(Br)c1ccc(Cl)c(F)c1. The van der Waals surface area contributed by atoms with Crippen molar-refractivity contribution in [2.24, 2.45) is 0 Å². The van der Waals surface area contributed by atoms with E-state index in [4.69, 9.17) is 11.6 Å². The Morgan fingerprint density at radius 2 is 1.83 bits per heavy atom. The van der Waals surface area contributed by atoms with Crippen molar-refractivity contribution in [1.82, 2.24) is 4.98 Å². The van der Waals surface area contributed by atoms with Gasteiger partial charge in [0, 0.05) is 17.2 Å². The third-order valence-corrected chi connectivity index (χ3v) is 4.56. The molecule has 1 aromatic heterocycles. The zero-order valence-electron chi connectivity index (χ0n) is 9.78. The highest BCUT2D eigenvalue weighted by Gasteiger charge is 2.18. The number of aromatic nitrogens is 1. The second kappa shape index (κ2) is 5.81. The fraction of sp³-hybridized carbons (Fsp3) is 0.214. The van der Waals surface area contributed by atoms with Gasteiger partial charge in [0.2, 0.25) is 0 Å². The summed E-state index contributed by atoms with van der Waals surface area (Å²) in [5, 5.41) is 0.148. The van der Waals surface area contributed by atoms with Gasteiger partial charge in [0.15, 0.2) is 0 Å². The van der Waals surface area contributed by atoms with Crippen LogP contribution < -0.4 is 0 Å². The van der Waals surface area contributed by atoms with Gasteiger partial charge in [-0.2, -0.15) is 0 Å². The van der Waals surface area contributed by atoms with Gasteiger partial charge in [0.25, 0.3) is 0 Å². The second-order valence-electron chi connectivity index (χ2n) is 4.14. The molecule has 0 fully saturated rings. The quantitative estimate of drug-likeness (QED) is 0.713. The van der Waals surface area contributed by atoms with E-state index in [0.29, 0.717) is 0 Å². The first-order chi connectivity index (χ1) is 8.59. The first kappa shape index (κ1) is 13.5. The molecule has 94 valence electrons. The van der Waals surface area contributed by atoms with Crippen LogP contribution in [0.15, 0.2) is 42.7 Å². The maximum absolute atomic E-state index is 13.4. The molecule has 0 N–H and O–H groups in total. The van der Waals surface area contributed by atoms with Crippen molar-refractivity contribution in [3.05, 3.63) is 64.7 Å². The summed E-state index contributed by atoms with van der Waals surface area (Å²) < 4.78 is 13.4. The van der Waals surface area contributed by atoms with E-state index in [-0.39, 0.29) is 21.6 Å². The van der Waals surface area contributed by atoms with Gasteiger partial charge in [0.05, 0.1) is 5.02 Å². The zero-order valence-corrected chi connectivity index (χ0v) is 12.1. The largest absolute Gasteiger partial charge is 0.265 e. The Hall–Kier alpha value is -0.930. The molecule has 0 bridgehead atoms. The lowest BCUT2D eigenvalue weighted by atomic mass is 9.94. The second-order valence-corrected chi connectivity index (χ2v) is 5.54. The van der Waals surface area contributed by atoms with Crippen LogP contribution in [0.2, 0.25) is 5.02 Å². The van der Waals surface area contributed by atoms with Crippen LogP contribution in [0.3, 0.4) is 0 Å². The van der Waals surface area contributed by atoms with Gasteiger partial charge in [-0.25, -0.2) is 4.39 Å². The molecule has 1 heterocycles. The summed E-state index contributed by atoms with van der Waals surface area (Å²) in [6, 6.07) is 8.82. The van der Waals surface area contributed by atoms with Crippen LogP contribution in [0, 0.1) is 5.82 Å². The third-order valence-electron chi connectivity index (χ3n) is 2.93. The molecule has 2 atom stereocenters. The van der Waals surface area contributed by atoms with Crippen LogP contribution in [-0.2, 0) is 0 Å². The maximum Gasteiger partial charge on any atom is 0.142 e. The molecule has 0 saturated carbocycles. The number of benzene rings is 1. The van der Waals surface area contributed by atoms with Crippen molar-refractivity contribution in [3.63, 3.8) is 0 Å². The highest BCUT2D eigenvalue weighted by atomic mass is 79.9. The number of rotatable bonds is 3. The van der Waals surface area contributed by atoms with Crippen LogP contribution in [0.4, 0.5) is 4.39 Å². The Labute approximate surface area is 119 Å². The molecule has 0 aliphatic carbocycles. The number of halogens is 3. The molecule has 4 heteroatoms. The average Bonchev–Trinajstić information content (AvgIpc) is 2.41. The standard InChI is InChI=1S/C14H12BrClFN/c1-9(10-4-6-18-7-5-10)14(15)11-2-3-12(16)13(17)8-11/h2-9,14H,1H3. The molecule has 0 spiro atoms. The van der Waals surface area contributed by atoms with Crippen LogP contribution >= 0.6 is 27.5 Å². The summed E-state index contributed by atoms with van der Waals surface area (Å²) in [5.74, 6) is -0.172. The predicted octanol–water partition coefficient (Wildman–Crippen LogP) is 5.11. The number of nitrogens with zero attached hydrogens (tertiary/aromatic N) is 1. The number of hydrogen-bond acceptors (Lipinski definition) is 1. The van der Waals surface area contributed by atoms with E-state index in [2.05, 4.69) is 27.8 Å². The Bertz CT molecular complexity index is 533. The minimum Gasteiger partial charge on any atom is -0.265 e. The highest BCUT2D eigenvalue weighted by molar-refractivity contribution is 9.09. The van der Waals surface area contributed by atoms with E-state index in [1.807, 2.05) is 18.2 Å². The van der Waals surface area contributed by atoms with Gasteiger partial charge >= 0.3 is 0 Å². The highest BCUT2D eigenvalue weighted by Crippen LogP contribution is 2.38. The molecule has 0 amide bonds. The van der Waals surface area contributed by atoms with Crippen LogP contribution in [0.5, 0.6) is 0 Å². The predicted molar refractivity (Wildman–Crippen MR) is 75.7 cm³/mol. The van der Waals surface area contributed by atoms with Crippen LogP contribution in [0.1, 0.15) is 28.8 Å². The number of alkyl halides is 1. The molecule has 18 heavy (non-hydrogen) atoms. The van der Waals surface area contributed by atoms with E-state index in [1.165, 1.54) is 6.07 Å². The Kier molecular flexibility index (Phi) is 4.36. The smallest absolute Gasteiger partial charge is 0.142 e. The van der Waals surface area contributed by atoms with Gasteiger partial charge in [0.1, 0.15) is 5.82 Å². The Balaban J connectivity index is 2.25. The monoisotopic (exact) mass is 327 g/mol. The summed E-state index contributed by atoms with van der Waals surface area (Å²) >= 11 is 9.30. The lowest BCUT2D eigenvalue weighted by Crippen LogP contribution is -2.02. The molecular weight excluding hydrogens is 317 g/mol. The fourth-order valence-electron chi connectivity index (χ4n) is 1.81. The van der Waals surface area contributed by atoms with E-state index in [9.17, 15) is 4.39 Å². The molecule has 0 radical (unpaired) electrons. The zero-order chi connectivity index (χ0) is 13.1. The third kappa shape index (κ3) is 2.90. The van der Waals surface area contributed by atoms with Crippen molar-refractivity contribution >= 4 is 27.5 Å². The van der Waals surface area contributed by atoms with Gasteiger partial charge in [-0.05, 0) is 41.3 Å². The molecule has 0 aliphatic heterocycles. The van der Waals surface area contributed by atoms with Gasteiger partial charge in [-0.15, -0.1) is 0 Å². The Morgan fingerprint density at radius 1 is 1.17 bits per heavy atom. The Morgan fingerprint density at radius 3 is 2.44 bits per heavy atom.